The van der Waals surface area contributed by atoms with Gasteiger partial charge in [0.1, 0.15) is 5.75 Å². The van der Waals surface area contributed by atoms with E-state index in [1.165, 1.54) is 19.2 Å². The fraction of sp³-hybridized carbons (Fsp3) is 0.667. The Labute approximate surface area is 156 Å². The fourth-order valence-electron chi connectivity index (χ4n) is 4.36. The van der Waals surface area contributed by atoms with Gasteiger partial charge in [0, 0.05) is 19.1 Å². The van der Waals surface area contributed by atoms with Crippen molar-refractivity contribution >= 4 is 19.7 Å². The van der Waals surface area contributed by atoms with E-state index >= 15 is 0 Å². The maximum absolute atomic E-state index is 13.2. The molecule has 1 aromatic rings. The molecule has 8 heteroatoms. The number of methoxy groups -OCH3 is 1. The van der Waals surface area contributed by atoms with Crippen molar-refractivity contribution in [3.8, 4) is 5.75 Å². The van der Waals surface area contributed by atoms with Crippen LogP contribution in [0.25, 0.3) is 0 Å². The van der Waals surface area contributed by atoms with Crippen molar-refractivity contribution in [3.05, 3.63) is 24.3 Å². The van der Waals surface area contributed by atoms with Crippen molar-refractivity contribution in [2.24, 2.45) is 11.8 Å². The minimum absolute atomic E-state index is 0.0769. The molecule has 0 aliphatic carbocycles. The molecule has 0 amide bonds. The number of sulfone groups is 2. The van der Waals surface area contributed by atoms with Gasteiger partial charge in [-0.3, -0.25) is 4.90 Å². The predicted octanol–water partition coefficient (Wildman–Crippen LogP) is 1.61. The van der Waals surface area contributed by atoms with Crippen molar-refractivity contribution < 1.29 is 21.6 Å². The van der Waals surface area contributed by atoms with E-state index in [0.717, 1.165) is 19.5 Å². The van der Waals surface area contributed by atoms with Crippen molar-refractivity contribution in [1.82, 2.24) is 4.90 Å². The molecular formula is C18H27NO5S2. The van der Waals surface area contributed by atoms with Crippen molar-refractivity contribution in [2.45, 2.75) is 36.5 Å². The van der Waals surface area contributed by atoms with Crippen LogP contribution in [-0.4, -0.2) is 64.7 Å². The number of nitrogens with zero attached hydrogens (tertiary/aromatic N) is 1. The molecule has 26 heavy (non-hydrogen) atoms. The zero-order valence-corrected chi connectivity index (χ0v) is 17.1. The lowest BCUT2D eigenvalue weighted by molar-refractivity contribution is 0.107. The SMILES string of the molecule is COc1ccc(S(=O)(=O)C2CS(=O)(=O)CC2N2CC(C)CC(C)C2)cc1. The van der Waals surface area contributed by atoms with Crippen LogP contribution in [0.3, 0.4) is 0 Å². The van der Waals surface area contributed by atoms with E-state index in [9.17, 15) is 16.8 Å². The Morgan fingerprint density at radius 2 is 1.62 bits per heavy atom. The summed E-state index contributed by atoms with van der Waals surface area (Å²) in [4.78, 5) is 2.25. The van der Waals surface area contributed by atoms with Gasteiger partial charge in [0.15, 0.2) is 19.7 Å². The highest BCUT2D eigenvalue weighted by Gasteiger charge is 2.49. The summed E-state index contributed by atoms with van der Waals surface area (Å²) in [6.07, 6.45) is 1.09. The van der Waals surface area contributed by atoms with E-state index in [0.29, 0.717) is 17.6 Å². The van der Waals surface area contributed by atoms with Gasteiger partial charge >= 0.3 is 0 Å². The summed E-state index contributed by atoms with van der Waals surface area (Å²) in [6.45, 7) is 5.77. The maximum Gasteiger partial charge on any atom is 0.183 e. The van der Waals surface area contributed by atoms with Gasteiger partial charge in [0.25, 0.3) is 0 Å². The summed E-state index contributed by atoms with van der Waals surface area (Å²) in [6, 6.07) is 5.71. The minimum Gasteiger partial charge on any atom is -0.497 e. The van der Waals surface area contributed by atoms with Crippen molar-refractivity contribution in [3.63, 3.8) is 0 Å². The van der Waals surface area contributed by atoms with Crippen LogP contribution in [0.2, 0.25) is 0 Å². The Balaban J connectivity index is 1.94. The number of benzene rings is 1. The molecule has 2 fully saturated rings. The molecule has 2 saturated heterocycles. The number of piperidine rings is 1. The van der Waals surface area contributed by atoms with Crippen LogP contribution >= 0.6 is 0 Å². The number of likely N-dealkylation sites (tertiary alicyclic amines) is 1. The number of rotatable bonds is 4. The molecule has 3 rings (SSSR count). The van der Waals surface area contributed by atoms with Crippen LogP contribution in [0.1, 0.15) is 20.3 Å². The Bertz CT molecular complexity index is 838. The van der Waals surface area contributed by atoms with Gasteiger partial charge in [-0.05, 0) is 42.5 Å². The predicted molar refractivity (Wildman–Crippen MR) is 101 cm³/mol. The summed E-state index contributed by atoms with van der Waals surface area (Å²) in [5.74, 6) is 1.06. The Hall–Kier alpha value is -1.12. The topological polar surface area (TPSA) is 80.8 Å². The largest absolute Gasteiger partial charge is 0.497 e. The molecule has 0 saturated carbocycles. The Morgan fingerprint density at radius 3 is 2.15 bits per heavy atom. The van der Waals surface area contributed by atoms with Gasteiger partial charge in [-0.2, -0.15) is 0 Å². The average Bonchev–Trinajstić information content (AvgIpc) is 2.90. The smallest absolute Gasteiger partial charge is 0.183 e. The standard InChI is InChI=1S/C18H27NO5S2/c1-13-8-14(2)10-19(9-13)17-11-25(20,21)12-18(17)26(22,23)16-6-4-15(24-3)5-7-16/h4-7,13-14,17-18H,8-12H2,1-3H3. The highest BCUT2D eigenvalue weighted by atomic mass is 32.2. The number of hydrogen-bond donors (Lipinski definition) is 0. The molecule has 0 N–H and O–H groups in total. The van der Waals surface area contributed by atoms with Crippen LogP contribution in [0.4, 0.5) is 0 Å². The normalized spacial score (nSPS) is 32.4. The summed E-state index contributed by atoms with van der Waals surface area (Å²) in [7, 11) is -5.61. The Morgan fingerprint density at radius 1 is 1.04 bits per heavy atom. The van der Waals surface area contributed by atoms with Crippen LogP contribution in [-0.2, 0) is 19.7 Å². The van der Waals surface area contributed by atoms with E-state index in [4.69, 9.17) is 4.74 Å². The van der Waals surface area contributed by atoms with Gasteiger partial charge in [-0.25, -0.2) is 16.8 Å². The quantitative estimate of drug-likeness (QED) is 0.763. The Kier molecular flexibility index (Phi) is 5.38. The molecule has 0 bridgehead atoms. The fourth-order valence-corrected chi connectivity index (χ4v) is 9.19. The molecule has 146 valence electrons. The van der Waals surface area contributed by atoms with Gasteiger partial charge in [0.05, 0.1) is 28.8 Å². The average molecular weight is 402 g/mol. The first-order valence-corrected chi connectivity index (χ1v) is 12.3. The van der Waals surface area contributed by atoms with E-state index in [2.05, 4.69) is 18.7 Å². The first-order chi connectivity index (χ1) is 12.1. The second-order valence-corrected chi connectivity index (χ2v) is 12.1. The summed E-state index contributed by atoms with van der Waals surface area (Å²) >= 11 is 0. The van der Waals surface area contributed by atoms with Gasteiger partial charge in [0.2, 0.25) is 0 Å². The maximum atomic E-state index is 13.2. The van der Waals surface area contributed by atoms with Crippen molar-refractivity contribution in [2.75, 3.05) is 31.7 Å². The highest BCUT2D eigenvalue weighted by Crippen LogP contribution is 2.33. The highest BCUT2D eigenvalue weighted by molar-refractivity contribution is 7.96. The van der Waals surface area contributed by atoms with Crippen LogP contribution in [0, 0.1) is 11.8 Å². The lowest BCUT2D eigenvalue weighted by Crippen LogP contribution is -2.51. The molecule has 0 spiro atoms. The van der Waals surface area contributed by atoms with E-state index in [-0.39, 0.29) is 16.4 Å². The number of hydrogen-bond acceptors (Lipinski definition) is 6. The zero-order chi connectivity index (χ0) is 19.1. The molecule has 2 aliphatic rings. The molecule has 1 aromatic carbocycles. The van der Waals surface area contributed by atoms with Gasteiger partial charge < -0.3 is 4.74 Å². The second kappa shape index (κ2) is 7.13. The van der Waals surface area contributed by atoms with Crippen LogP contribution in [0.15, 0.2) is 29.2 Å². The molecule has 6 nitrogen and oxygen atoms in total. The zero-order valence-electron chi connectivity index (χ0n) is 15.5. The molecule has 2 aliphatic heterocycles. The third-order valence-electron chi connectivity index (χ3n) is 5.42. The molecule has 2 heterocycles. The van der Waals surface area contributed by atoms with Crippen molar-refractivity contribution in [1.29, 1.82) is 0 Å². The minimum atomic E-state index is -3.74. The third-order valence-corrected chi connectivity index (χ3v) is 9.56. The molecule has 4 unspecified atom stereocenters. The van der Waals surface area contributed by atoms with E-state index in [1.54, 1.807) is 12.1 Å². The lowest BCUT2D eigenvalue weighted by Gasteiger charge is -2.40. The molecule has 0 aromatic heterocycles. The molecular weight excluding hydrogens is 374 g/mol. The second-order valence-electron chi connectivity index (χ2n) is 7.80. The summed E-state index contributed by atoms with van der Waals surface area (Å²) in [5, 5.41) is -0.918. The van der Waals surface area contributed by atoms with Crippen LogP contribution in [0.5, 0.6) is 5.75 Å². The summed E-state index contributed by atoms with van der Waals surface area (Å²) in [5.41, 5.74) is 0. The van der Waals surface area contributed by atoms with Gasteiger partial charge in [-0.15, -0.1) is 0 Å². The molecule has 0 radical (unpaired) electrons. The van der Waals surface area contributed by atoms with E-state index in [1.807, 2.05) is 0 Å². The van der Waals surface area contributed by atoms with E-state index < -0.39 is 31.0 Å². The third kappa shape index (κ3) is 3.92. The first kappa shape index (κ1) is 19.6. The van der Waals surface area contributed by atoms with Crippen LogP contribution < -0.4 is 4.74 Å². The number of ether oxygens (including phenoxy) is 1. The monoisotopic (exact) mass is 401 g/mol. The lowest BCUT2D eigenvalue weighted by atomic mass is 9.91. The summed E-state index contributed by atoms with van der Waals surface area (Å²) < 4.78 is 56.1. The van der Waals surface area contributed by atoms with Gasteiger partial charge in [-0.1, -0.05) is 13.8 Å². The molecule has 4 atom stereocenters. The first-order valence-electron chi connectivity index (χ1n) is 8.95.